The molecule has 1 unspecified atom stereocenters. The molecule has 1 aromatic carbocycles. The first-order chi connectivity index (χ1) is 7.65. The Labute approximate surface area is 102 Å². The van der Waals surface area contributed by atoms with Gasteiger partial charge in [0, 0.05) is 12.7 Å². The number of methoxy groups -OCH3 is 1. The summed E-state index contributed by atoms with van der Waals surface area (Å²) in [6, 6.07) is 7.73. The van der Waals surface area contributed by atoms with Gasteiger partial charge in [0.05, 0.1) is 19.3 Å². The zero-order valence-corrected chi connectivity index (χ0v) is 10.4. The second-order valence-electron chi connectivity index (χ2n) is 3.60. The summed E-state index contributed by atoms with van der Waals surface area (Å²) < 4.78 is 10.6. The fraction of sp³-hybridized carbons (Fsp3) is 0.417. The van der Waals surface area contributed by atoms with Crippen molar-refractivity contribution in [3.8, 4) is 0 Å². The van der Waals surface area contributed by atoms with Crippen LogP contribution < -0.4 is 5.73 Å². The highest BCUT2D eigenvalue weighted by atomic mass is 32.1. The number of ether oxygens (including phenoxy) is 2. The van der Waals surface area contributed by atoms with Crippen molar-refractivity contribution >= 4 is 17.2 Å². The maximum atomic E-state index is 5.63. The monoisotopic (exact) mass is 239 g/mol. The van der Waals surface area contributed by atoms with Gasteiger partial charge in [-0.05, 0) is 12.5 Å². The highest BCUT2D eigenvalue weighted by molar-refractivity contribution is 7.80. The topological polar surface area (TPSA) is 44.5 Å². The Kier molecular flexibility index (Phi) is 5.38. The van der Waals surface area contributed by atoms with Gasteiger partial charge in [-0.3, -0.25) is 0 Å². The molecule has 0 fully saturated rings. The molecule has 0 aliphatic carbocycles. The lowest BCUT2D eigenvalue weighted by atomic mass is 10.1. The van der Waals surface area contributed by atoms with Crippen molar-refractivity contribution in [2.75, 3.05) is 13.7 Å². The molecule has 0 aliphatic rings. The molecule has 0 amide bonds. The van der Waals surface area contributed by atoms with Gasteiger partial charge in [-0.1, -0.05) is 36.5 Å². The summed E-state index contributed by atoms with van der Waals surface area (Å²) in [4.78, 5) is 0.401. The molecule has 0 spiro atoms. The van der Waals surface area contributed by atoms with Gasteiger partial charge in [0.15, 0.2) is 0 Å². The zero-order valence-electron chi connectivity index (χ0n) is 9.60. The Morgan fingerprint density at radius 3 is 2.75 bits per heavy atom. The Balaban J connectivity index is 2.63. The molecule has 1 aromatic rings. The smallest absolute Gasteiger partial charge is 0.104 e. The molecule has 0 aromatic heterocycles. The maximum absolute atomic E-state index is 5.63. The first-order valence-corrected chi connectivity index (χ1v) is 5.54. The Morgan fingerprint density at radius 1 is 1.44 bits per heavy atom. The van der Waals surface area contributed by atoms with Crippen molar-refractivity contribution in [2.24, 2.45) is 5.73 Å². The van der Waals surface area contributed by atoms with Gasteiger partial charge >= 0.3 is 0 Å². The summed E-state index contributed by atoms with van der Waals surface area (Å²) in [5.41, 5.74) is 7.52. The minimum Gasteiger partial charge on any atom is -0.389 e. The molecule has 3 nitrogen and oxygen atoms in total. The van der Waals surface area contributed by atoms with Gasteiger partial charge in [-0.25, -0.2) is 0 Å². The van der Waals surface area contributed by atoms with E-state index >= 15 is 0 Å². The largest absolute Gasteiger partial charge is 0.389 e. The van der Waals surface area contributed by atoms with Crippen molar-refractivity contribution < 1.29 is 9.47 Å². The second kappa shape index (κ2) is 6.58. The van der Waals surface area contributed by atoms with E-state index in [9.17, 15) is 0 Å². The van der Waals surface area contributed by atoms with Crippen molar-refractivity contribution in [2.45, 2.75) is 19.6 Å². The average molecular weight is 239 g/mol. The van der Waals surface area contributed by atoms with Crippen LogP contribution in [0.3, 0.4) is 0 Å². The van der Waals surface area contributed by atoms with E-state index in [0.717, 1.165) is 11.1 Å². The van der Waals surface area contributed by atoms with E-state index in [1.54, 1.807) is 7.11 Å². The minimum absolute atomic E-state index is 0.0596. The fourth-order valence-electron chi connectivity index (χ4n) is 1.40. The predicted molar refractivity (Wildman–Crippen MR) is 68.5 cm³/mol. The molecule has 0 heterocycles. The van der Waals surface area contributed by atoms with Crippen LogP contribution in [0.2, 0.25) is 0 Å². The number of thiocarbonyl (C=S) groups is 1. The van der Waals surface area contributed by atoms with E-state index in [1.165, 1.54) is 0 Å². The first kappa shape index (κ1) is 13.1. The van der Waals surface area contributed by atoms with Crippen molar-refractivity contribution in [3.63, 3.8) is 0 Å². The van der Waals surface area contributed by atoms with Crippen LogP contribution >= 0.6 is 12.2 Å². The second-order valence-corrected chi connectivity index (χ2v) is 4.04. The number of hydrogen-bond acceptors (Lipinski definition) is 3. The summed E-state index contributed by atoms with van der Waals surface area (Å²) in [6.45, 7) is 3.04. The van der Waals surface area contributed by atoms with Crippen LogP contribution in [0.4, 0.5) is 0 Å². The molecular formula is C12H17NO2S. The molecule has 0 bridgehead atoms. The van der Waals surface area contributed by atoms with Gasteiger partial charge in [-0.2, -0.15) is 0 Å². The summed E-state index contributed by atoms with van der Waals surface area (Å²) in [6.07, 6.45) is 0.0596. The predicted octanol–water partition coefficient (Wildman–Crippen LogP) is 1.87. The summed E-state index contributed by atoms with van der Waals surface area (Å²) >= 11 is 4.98. The van der Waals surface area contributed by atoms with Crippen LogP contribution in [0.15, 0.2) is 24.3 Å². The third-order valence-corrected chi connectivity index (χ3v) is 2.43. The van der Waals surface area contributed by atoms with Crippen LogP contribution in [-0.2, 0) is 16.1 Å². The molecule has 0 saturated carbocycles. The molecule has 1 atom stereocenters. The first-order valence-electron chi connectivity index (χ1n) is 5.13. The van der Waals surface area contributed by atoms with Crippen LogP contribution in [0.5, 0.6) is 0 Å². The van der Waals surface area contributed by atoms with Gasteiger partial charge in [0.2, 0.25) is 0 Å². The van der Waals surface area contributed by atoms with E-state index in [1.807, 2.05) is 31.2 Å². The van der Waals surface area contributed by atoms with Gasteiger partial charge in [-0.15, -0.1) is 0 Å². The third-order valence-electron chi connectivity index (χ3n) is 2.21. The Bertz CT molecular complexity index is 355. The third kappa shape index (κ3) is 3.89. The molecule has 0 radical (unpaired) electrons. The quantitative estimate of drug-likeness (QED) is 0.770. The average Bonchev–Trinajstić information content (AvgIpc) is 2.27. The molecule has 1 rings (SSSR count). The number of benzene rings is 1. The van der Waals surface area contributed by atoms with Gasteiger partial charge in [0.1, 0.15) is 4.99 Å². The highest BCUT2D eigenvalue weighted by Gasteiger charge is 2.06. The van der Waals surface area contributed by atoms with E-state index in [-0.39, 0.29) is 6.10 Å². The Hall–Kier alpha value is -0.970. The van der Waals surface area contributed by atoms with Crippen LogP contribution in [-0.4, -0.2) is 24.8 Å². The molecule has 16 heavy (non-hydrogen) atoms. The van der Waals surface area contributed by atoms with Crippen LogP contribution in [0, 0.1) is 0 Å². The van der Waals surface area contributed by atoms with Gasteiger partial charge in [0.25, 0.3) is 0 Å². The zero-order chi connectivity index (χ0) is 12.0. The molecular weight excluding hydrogens is 222 g/mol. The lowest BCUT2D eigenvalue weighted by molar-refractivity contribution is -0.000165. The van der Waals surface area contributed by atoms with E-state index in [2.05, 4.69) is 0 Å². The molecule has 88 valence electrons. The van der Waals surface area contributed by atoms with E-state index < -0.39 is 0 Å². The summed E-state index contributed by atoms with van der Waals surface area (Å²) in [5.74, 6) is 0. The number of hydrogen-bond donors (Lipinski definition) is 1. The molecule has 2 N–H and O–H groups in total. The molecule has 4 heteroatoms. The van der Waals surface area contributed by atoms with Crippen molar-refractivity contribution in [1.29, 1.82) is 0 Å². The normalized spacial score (nSPS) is 12.4. The summed E-state index contributed by atoms with van der Waals surface area (Å²) in [5, 5.41) is 0. The highest BCUT2D eigenvalue weighted by Crippen LogP contribution is 2.11. The summed E-state index contributed by atoms with van der Waals surface area (Å²) in [7, 11) is 1.66. The lowest BCUT2D eigenvalue weighted by Gasteiger charge is -2.13. The molecule has 0 saturated heterocycles. The van der Waals surface area contributed by atoms with E-state index in [4.69, 9.17) is 27.4 Å². The fourth-order valence-corrected chi connectivity index (χ4v) is 1.60. The van der Waals surface area contributed by atoms with Crippen LogP contribution in [0.1, 0.15) is 18.1 Å². The van der Waals surface area contributed by atoms with E-state index in [0.29, 0.717) is 18.2 Å². The van der Waals surface area contributed by atoms with Crippen molar-refractivity contribution in [1.82, 2.24) is 0 Å². The standard InChI is InChI=1S/C12H17NO2S/c1-9(7-14-2)15-8-10-5-3-4-6-11(10)12(13)16/h3-6,9H,7-8H2,1-2H3,(H2,13,16). The lowest BCUT2D eigenvalue weighted by Crippen LogP contribution is -2.17. The Morgan fingerprint density at radius 2 is 2.12 bits per heavy atom. The van der Waals surface area contributed by atoms with Crippen molar-refractivity contribution in [3.05, 3.63) is 35.4 Å². The maximum Gasteiger partial charge on any atom is 0.104 e. The van der Waals surface area contributed by atoms with Gasteiger partial charge < -0.3 is 15.2 Å². The number of rotatable bonds is 6. The SMILES string of the molecule is COCC(C)OCc1ccccc1C(N)=S. The van der Waals surface area contributed by atoms with Crippen LogP contribution in [0.25, 0.3) is 0 Å². The number of nitrogens with two attached hydrogens (primary N) is 1. The minimum atomic E-state index is 0.0596. The molecule has 0 aliphatic heterocycles.